The number of hydrogen-bond donors (Lipinski definition) is 0. The Kier molecular flexibility index (Phi) is 5.13. The minimum Gasteiger partial charge on any atom is -0.497 e. The van der Waals surface area contributed by atoms with Crippen molar-refractivity contribution in [2.75, 3.05) is 14.2 Å². The molecule has 0 radical (unpaired) electrons. The third-order valence-corrected chi connectivity index (χ3v) is 6.55. The van der Waals surface area contributed by atoms with Crippen LogP contribution in [0.2, 0.25) is 0 Å². The van der Waals surface area contributed by atoms with Crippen molar-refractivity contribution < 1.29 is 14.2 Å². The average Bonchev–Trinajstić information content (AvgIpc) is 2.84. The van der Waals surface area contributed by atoms with Crippen LogP contribution in [0.3, 0.4) is 0 Å². The van der Waals surface area contributed by atoms with Gasteiger partial charge in [-0.2, -0.15) is 0 Å². The molecule has 4 aromatic rings. The third-order valence-electron chi connectivity index (χ3n) is 6.55. The van der Waals surface area contributed by atoms with E-state index in [2.05, 4.69) is 87.5 Å². The summed E-state index contributed by atoms with van der Waals surface area (Å²) in [6.45, 7) is 6.32. The predicted octanol–water partition coefficient (Wildman–Crippen LogP) is 7.13. The standard InChI is InChI=1S/C30H28O3/c1-19-6-10-22(11-7-19)30(23-12-8-20(2)9-13-23)15-14-25-21(3)16-26-27(29(25)33-30)17-24(31-4)18-28(26)32-5/h6-18H,1-5H3. The molecule has 0 saturated carbocycles. The Bertz CT molecular complexity index is 1320. The van der Waals surface area contributed by atoms with Crippen molar-refractivity contribution in [1.29, 1.82) is 0 Å². The Balaban J connectivity index is 1.81. The summed E-state index contributed by atoms with van der Waals surface area (Å²) in [5, 5.41) is 1.98. The van der Waals surface area contributed by atoms with E-state index in [1.807, 2.05) is 12.1 Å². The molecule has 1 heterocycles. The molecule has 3 heteroatoms. The molecule has 0 aliphatic carbocycles. The molecule has 33 heavy (non-hydrogen) atoms. The molecule has 0 fully saturated rings. The molecular formula is C30H28O3. The molecule has 4 aromatic carbocycles. The summed E-state index contributed by atoms with van der Waals surface area (Å²) in [5.41, 5.74) is 6.08. The lowest BCUT2D eigenvalue weighted by atomic mass is 9.82. The molecule has 0 bridgehead atoms. The van der Waals surface area contributed by atoms with E-state index in [4.69, 9.17) is 14.2 Å². The van der Waals surface area contributed by atoms with E-state index in [0.29, 0.717) is 0 Å². The fourth-order valence-corrected chi connectivity index (χ4v) is 4.64. The van der Waals surface area contributed by atoms with Crippen LogP contribution in [0.5, 0.6) is 17.2 Å². The number of methoxy groups -OCH3 is 2. The molecule has 0 spiro atoms. The van der Waals surface area contributed by atoms with Gasteiger partial charge >= 0.3 is 0 Å². The quantitative estimate of drug-likeness (QED) is 0.340. The van der Waals surface area contributed by atoms with Crippen molar-refractivity contribution in [2.45, 2.75) is 26.4 Å². The first kappa shape index (κ1) is 21.1. The first-order valence-electron chi connectivity index (χ1n) is 11.2. The van der Waals surface area contributed by atoms with Crippen molar-refractivity contribution in [3.05, 3.63) is 106 Å². The minimum atomic E-state index is -0.745. The summed E-state index contributed by atoms with van der Waals surface area (Å²) < 4.78 is 18.4. The van der Waals surface area contributed by atoms with Gasteiger partial charge in [-0.25, -0.2) is 0 Å². The zero-order chi connectivity index (χ0) is 23.2. The normalized spacial score (nSPS) is 14.0. The summed E-state index contributed by atoms with van der Waals surface area (Å²) in [4.78, 5) is 0. The van der Waals surface area contributed by atoms with E-state index in [-0.39, 0.29) is 0 Å². The Morgan fingerprint density at radius 2 is 1.30 bits per heavy atom. The van der Waals surface area contributed by atoms with Gasteiger partial charge in [0.2, 0.25) is 0 Å². The van der Waals surface area contributed by atoms with Crippen molar-refractivity contribution in [2.24, 2.45) is 0 Å². The van der Waals surface area contributed by atoms with Gasteiger partial charge in [0.05, 0.1) is 14.2 Å². The van der Waals surface area contributed by atoms with Crippen molar-refractivity contribution in [1.82, 2.24) is 0 Å². The first-order chi connectivity index (χ1) is 15.9. The van der Waals surface area contributed by atoms with Gasteiger partial charge in [0.15, 0.2) is 5.60 Å². The van der Waals surface area contributed by atoms with E-state index < -0.39 is 5.60 Å². The molecule has 0 N–H and O–H groups in total. The van der Waals surface area contributed by atoms with Crippen LogP contribution in [0.15, 0.2) is 72.8 Å². The van der Waals surface area contributed by atoms with Gasteiger partial charge in [-0.05, 0) is 44.5 Å². The zero-order valence-electron chi connectivity index (χ0n) is 19.7. The Labute approximate surface area is 195 Å². The number of rotatable bonds is 4. The molecule has 0 aromatic heterocycles. The highest BCUT2D eigenvalue weighted by molar-refractivity contribution is 5.98. The van der Waals surface area contributed by atoms with Gasteiger partial charge in [-0.3, -0.25) is 0 Å². The lowest BCUT2D eigenvalue weighted by Crippen LogP contribution is -2.34. The topological polar surface area (TPSA) is 27.7 Å². The maximum atomic E-state index is 7.07. The molecule has 3 nitrogen and oxygen atoms in total. The average molecular weight is 437 g/mol. The molecule has 166 valence electrons. The van der Waals surface area contributed by atoms with Gasteiger partial charge in [0, 0.05) is 33.5 Å². The molecule has 1 aliphatic rings. The summed E-state index contributed by atoms with van der Waals surface area (Å²) in [6, 6.07) is 23.3. The van der Waals surface area contributed by atoms with Crippen molar-refractivity contribution in [3.63, 3.8) is 0 Å². The van der Waals surface area contributed by atoms with Crippen LogP contribution in [0, 0.1) is 20.8 Å². The van der Waals surface area contributed by atoms with E-state index >= 15 is 0 Å². The van der Waals surface area contributed by atoms with Crippen LogP contribution < -0.4 is 14.2 Å². The van der Waals surface area contributed by atoms with E-state index in [0.717, 1.165) is 50.3 Å². The molecule has 0 atom stereocenters. The molecule has 0 amide bonds. The second-order valence-electron chi connectivity index (χ2n) is 8.76. The highest BCUT2D eigenvalue weighted by Gasteiger charge is 2.38. The lowest BCUT2D eigenvalue weighted by molar-refractivity contribution is 0.163. The van der Waals surface area contributed by atoms with Gasteiger partial charge in [0.25, 0.3) is 0 Å². The Morgan fingerprint density at radius 1 is 0.697 bits per heavy atom. The predicted molar refractivity (Wildman–Crippen MR) is 135 cm³/mol. The zero-order valence-corrected chi connectivity index (χ0v) is 19.7. The summed E-state index contributed by atoms with van der Waals surface area (Å²) in [6.07, 6.45) is 4.38. The number of ether oxygens (including phenoxy) is 3. The van der Waals surface area contributed by atoms with Gasteiger partial charge in [0.1, 0.15) is 17.2 Å². The molecule has 0 saturated heterocycles. The van der Waals surface area contributed by atoms with E-state index in [9.17, 15) is 0 Å². The first-order valence-corrected chi connectivity index (χ1v) is 11.2. The highest BCUT2D eigenvalue weighted by Crippen LogP contribution is 2.48. The molecule has 5 rings (SSSR count). The van der Waals surface area contributed by atoms with Crippen LogP contribution in [-0.4, -0.2) is 14.2 Å². The summed E-state index contributed by atoms with van der Waals surface area (Å²) >= 11 is 0. The molecule has 0 unspecified atom stereocenters. The van der Waals surface area contributed by atoms with Crippen LogP contribution in [-0.2, 0) is 5.60 Å². The van der Waals surface area contributed by atoms with Crippen molar-refractivity contribution in [3.8, 4) is 17.2 Å². The summed E-state index contributed by atoms with van der Waals surface area (Å²) in [7, 11) is 3.36. The number of benzene rings is 4. The largest absolute Gasteiger partial charge is 0.497 e. The van der Waals surface area contributed by atoms with Gasteiger partial charge < -0.3 is 14.2 Å². The third kappa shape index (κ3) is 3.45. The van der Waals surface area contributed by atoms with Crippen LogP contribution in [0.4, 0.5) is 0 Å². The minimum absolute atomic E-state index is 0.736. The Hall–Kier alpha value is -3.72. The van der Waals surface area contributed by atoms with Crippen molar-refractivity contribution >= 4 is 16.8 Å². The van der Waals surface area contributed by atoms with E-state index in [1.54, 1.807) is 14.2 Å². The summed E-state index contributed by atoms with van der Waals surface area (Å²) in [5.74, 6) is 2.34. The lowest BCUT2D eigenvalue weighted by Gasteiger charge is -2.37. The van der Waals surface area contributed by atoms with Gasteiger partial charge in [-0.1, -0.05) is 65.7 Å². The number of aryl methyl sites for hydroxylation is 3. The van der Waals surface area contributed by atoms with Crippen LogP contribution in [0.1, 0.15) is 33.4 Å². The monoisotopic (exact) mass is 436 g/mol. The fourth-order valence-electron chi connectivity index (χ4n) is 4.64. The number of fused-ring (bicyclic) bond motifs is 3. The Morgan fingerprint density at radius 3 is 1.85 bits per heavy atom. The maximum Gasteiger partial charge on any atom is 0.178 e. The molecule has 1 aliphatic heterocycles. The smallest absolute Gasteiger partial charge is 0.178 e. The maximum absolute atomic E-state index is 7.07. The highest BCUT2D eigenvalue weighted by atomic mass is 16.5. The van der Waals surface area contributed by atoms with E-state index in [1.165, 1.54) is 11.1 Å². The SMILES string of the molecule is COc1cc(OC)c2cc(C)c3c(c2c1)OC(c1ccc(C)cc1)(c1ccc(C)cc1)C=C3. The van der Waals surface area contributed by atoms with Crippen LogP contribution in [0.25, 0.3) is 16.8 Å². The number of hydrogen-bond acceptors (Lipinski definition) is 3. The molecular weight excluding hydrogens is 408 g/mol. The van der Waals surface area contributed by atoms with Gasteiger partial charge in [-0.15, -0.1) is 0 Å². The second-order valence-corrected chi connectivity index (χ2v) is 8.76. The second kappa shape index (κ2) is 8.00. The fraction of sp³-hybridized carbons (Fsp3) is 0.200. The van der Waals surface area contributed by atoms with Crippen LogP contribution >= 0.6 is 0 Å².